The Morgan fingerprint density at radius 2 is 2.19 bits per heavy atom. The average molecular weight is 373 g/mol. The third-order valence-electron chi connectivity index (χ3n) is 5.39. The van der Waals surface area contributed by atoms with Gasteiger partial charge in [-0.05, 0) is 30.4 Å². The Kier molecular flexibility index (Phi) is 5.07. The molecular weight excluding hydrogens is 349 g/mol. The minimum atomic E-state index is -1.07. The minimum absolute atomic E-state index is 0.111. The van der Waals surface area contributed by atoms with E-state index in [0.717, 1.165) is 37.1 Å². The molecule has 2 aliphatic rings. The molecule has 4 rings (SSSR count). The standard InChI is InChI=1S/C19H24FN5O2/c1-2-16(26)25-9-13(20)7-14(10-25)24-19-17-15(12-3-5-27-6-4-12)8-21-18(17)22-11-23-19/h2,8,11-14H,1,3-7,9-10H2,(H2,21,22,23,24)/t13-,14+/m0/s1. The van der Waals surface area contributed by atoms with Crippen LogP contribution in [0, 0.1) is 0 Å². The smallest absolute Gasteiger partial charge is 0.246 e. The number of hydrogen-bond acceptors (Lipinski definition) is 5. The van der Waals surface area contributed by atoms with Gasteiger partial charge in [0.2, 0.25) is 5.91 Å². The molecule has 0 spiro atoms. The lowest BCUT2D eigenvalue weighted by Crippen LogP contribution is -2.49. The molecule has 7 nitrogen and oxygen atoms in total. The maximum atomic E-state index is 14.2. The molecule has 2 aromatic heterocycles. The van der Waals surface area contributed by atoms with E-state index in [4.69, 9.17) is 4.74 Å². The number of rotatable bonds is 4. The molecule has 2 aliphatic heterocycles. The first kappa shape index (κ1) is 17.9. The molecule has 8 heteroatoms. The van der Waals surface area contributed by atoms with E-state index >= 15 is 0 Å². The lowest BCUT2D eigenvalue weighted by molar-refractivity contribution is -0.128. The largest absolute Gasteiger partial charge is 0.381 e. The Labute approximate surface area is 157 Å². The number of aromatic nitrogens is 3. The van der Waals surface area contributed by atoms with Crippen molar-refractivity contribution in [2.24, 2.45) is 0 Å². The number of amides is 1. The molecular formula is C19H24FN5O2. The number of anilines is 1. The summed E-state index contributed by atoms with van der Waals surface area (Å²) in [4.78, 5) is 25.4. The maximum absolute atomic E-state index is 14.2. The van der Waals surface area contributed by atoms with Crippen molar-refractivity contribution in [1.82, 2.24) is 19.9 Å². The Bertz CT molecular complexity index is 833. The van der Waals surface area contributed by atoms with Crippen molar-refractivity contribution in [2.75, 3.05) is 31.6 Å². The van der Waals surface area contributed by atoms with Crippen molar-refractivity contribution >= 4 is 22.8 Å². The summed E-state index contributed by atoms with van der Waals surface area (Å²) in [6.45, 7) is 5.53. The van der Waals surface area contributed by atoms with Gasteiger partial charge in [0.1, 0.15) is 24.0 Å². The Morgan fingerprint density at radius 1 is 1.37 bits per heavy atom. The maximum Gasteiger partial charge on any atom is 0.246 e. The number of carbonyl (C=O) groups is 1. The number of ether oxygens (including phenoxy) is 1. The summed E-state index contributed by atoms with van der Waals surface area (Å²) < 4.78 is 19.7. The van der Waals surface area contributed by atoms with Crippen molar-refractivity contribution in [3.05, 3.63) is 30.7 Å². The van der Waals surface area contributed by atoms with E-state index in [2.05, 4.69) is 26.8 Å². The number of nitrogens with one attached hydrogen (secondary N) is 2. The molecule has 2 N–H and O–H groups in total. The molecule has 27 heavy (non-hydrogen) atoms. The van der Waals surface area contributed by atoms with Crippen molar-refractivity contribution in [2.45, 2.75) is 37.4 Å². The zero-order chi connectivity index (χ0) is 18.8. The SMILES string of the molecule is C=CC(=O)N1C[C@@H](F)C[C@@H](Nc2ncnc3[nH]cc(C4CCOCC4)c23)C1. The molecule has 0 saturated carbocycles. The minimum Gasteiger partial charge on any atom is -0.381 e. The lowest BCUT2D eigenvalue weighted by atomic mass is 9.92. The zero-order valence-electron chi connectivity index (χ0n) is 15.2. The summed E-state index contributed by atoms with van der Waals surface area (Å²) in [5, 5.41) is 4.31. The molecule has 1 amide bonds. The molecule has 0 aliphatic carbocycles. The highest BCUT2D eigenvalue weighted by molar-refractivity contribution is 5.91. The first-order chi connectivity index (χ1) is 13.2. The van der Waals surface area contributed by atoms with E-state index in [1.165, 1.54) is 22.9 Å². The zero-order valence-corrected chi connectivity index (χ0v) is 15.2. The number of H-pyrrole nitrogens is 1. The van der Waals surface area contributed by atoms with Gasteiger partial charge < -0.3 is 19.9 Å². The van der Waals surface area contributed by atoms with Crippen LogP contribution in [0.2, 0.25) is 0 Å². The summed E-state index contributed by atoms with van der Waals surface area (Å²) >= 11 is 0. The molecule has 0 unspecified atom stereocenters. The van der Waals surface area contributed by atoms with E-state index in [9.17, 15) is 9.18 Å². The van der Waals surface area contributed by atoms with Gasteiger partial charge >= 0.3 is 0 Å². The molecule has 2 saturated heterocycles. The summed E-state index contributed by atoms with van der Waals surface area (Å²) in [5.41, 5.74) is 1.93. The van der Waals surface area contributed by atoms with Crippen LogP contribution in [-0.2, 0) is 9.53 Å². The molecule has 4 heterocycles. The fourth-order valence-electron chi connectivity index (χ4n) is 4.07. The number of piperidine rings is 1. The highest BCUT2D eigenvalue weighted by Crippen LogP contribution is 2.35. The quantitative estimate of drug-likeness (QED) is 0.804. The third-order valence-corrected chi connectivity index (χ3v) is 5.39. The Hall–Kier alpha value is -2.48. The van der Waals surface area contributed by atoms with Crippen LogP contribution in [0.1, 0.15) is 30.7 Å². The van der Waals surface area contributed by atoms with E-state index in [0.29, 0.717) is 24.7 Å². The summed E-state index contributed by atoms with van der Waals surface area (Å²) in [5.74, 6) is 0.826. The van der Waals surface area contributed by atoms with Gasteiger partial charge in [-0.15, -0.1) is 0 Å². The first-order valence-corrected chi connectivity index (χ1v) is 9.37. The normalized spacial score (nSPS) is 24.1. The molecule has 144 valence electrons. The Morgan fingerprint density at radius 3 is 2.96 bits per heavy atom. The summed E-state index contributed by atoms with van der Waals surface area (Å²) in [6.07, 6.45) is 5.90. The number of carbonyl (C=O) groups excluding carboxylic acids is 1. The van der Waals surface area contributed by atoms with Crippen molar-refractivity contribution in [3.63, 3.8) is 0 Å². The predicted molar refractivity (Wildman–Crippen MR) is 100 cm³/mol. The number of fused-ring (bicyclic) bond motifs is 1. The number of nitrogens with zero attached hydrogens (tertiary/aromatic N) is 3. The van der Waals surface area contributed by atoms with Gasteiger partial charge in [-0.3, -0.25) is 4.79 Å². The third kappa shape index (κ3) is 3.66. The van der Waals surface area contributed by atoms with Crippen molar-refractivity contribution in [3.8, 4) is 0 Å². The van der Waals surface area contributed by atoms with Gasteiger partial charge in [0.25, 0.3) is 0 Å². The Balaban J connectivity index is 1.60. The van der Waals surface area contributed by atoms with Crippen LogP contribution in [0.5, 0.6) is 0 Å². The highest BCUT2D eigenvalue weighted by Gasteiger charge is 2.30. The fraction of sp³-hybridized carbons (Fsp3) is 0.526. The van der Waals surface area contributed by atoms with Gasteiger partial charge in [0.05, 0.1) is 11.9 Å². The van der Waals surface area contributed by atoms with Crippen LogP contribution in [0.3, 0.4) is 0 Å². The van der Waals surface area contributed by atoms with Gasteiger partial charge in [0, 0.05) is 38.4 Å². The number of alkyl halides is 1. The second-order valence-electron chi connectivity index (χ2n) is 7.20. The van der Waals surface area contributed by atoms with Gasteiger partial charge in [-0.2, -0.15) is 0 Å². The molecule has 0 bridgehead atoms. The monoisotopic (exact) mass is 373 g/mol. The van der Waals surface area contributed by atoms with E-state index in [1.54, 1.807) is 0 Å². The lowest BCUT2D eigenvalue weighted by Gasteiger charge is -2.35. The number of likely N-dealkylation sites (tertiary alicyclic amines) is 1. The average Bonchev–Trinajstić information content (AvgIpc) is 3.13. The van der Waals surface area contributed by atoms with Crippen LogP contribution in [0.15, 0.2) is 25.2 Å². The van der Waals surface area contributed by atoms with E-state index < -0.39 is 6.17 Å². The summed E-state index contributed by atoms with van der Waals surface area (Å²) in [6, 6.07) is -0.215. The second-order valence-corrected chi connectivity index (χ2v) is 7.20. The first-order valence-electron chi connectivity index (χ1n) is 9.37. The van der Waals surface area contributed by atoms with Crippen LogP contribution < -0.4 is 5.32 Å². The topological polar surface area (TPSA) is 83.1 Å². The molecule has 2 atom stereocenters. The number of hydrogen-bond donors (Lipinski definition) is 2. The molecule has 2 fully saturated rings. The molecule has 0 radical (unpaired) electrons. The van der Waals surface area contributed by atoms with Crippen LogP contribution in [0.25, 0.3) is 11.0 Å². The second kappa shape index (κ2) is 7.64. The van der Waals surface area contributed by atoms with Crippen LogP contribution >= 0.6 is 0 Å². The molecule has 2 aromatic rings. The van der Waals surface area contributed by atoms with Crippen molar-refractivity contribution < 1.29 is 13.9 Å². The van der Waals surface area contributed by atoms with Gasteiger partial charge in [-0.1, -0.05) is 6.58 Å². The number of aromatic amines is 1. The van der Waals surface area contributed by atoms with E-state index in [1.807, 2.05) is 6.20 Å². The molecule has 0 aromatic carbocycles. The van der Waals surface area contributed by atoms with Gasteiger partial charge in [-0.25, -0.2) is 14.4 Å². The van der Waals surface area contributed by atoms with E-state index in [-0.39, 0.29) is 18.5 Å². The number of halogens is 1. The highest BCUT2D eigenvalue weighted by atomic mass is 19.1. The van der Waals surface area contributed by atoms with Gasteiger partial charge in [0.15, 0.2) is 0 Å². The van der Waals surface area contributed by atoms with Crippen LogP contribution in [0.4, 0.5) is 10.2 Å². The van der Waals surface area contributed by atoms with Crippen molar-refractivity contribution in [1.29, 1.82) is 0 Å². The predicted octanol–water partition coefficient (Wildman–Crippen LogP) is 2.39. The fourth-order valence-corrected chi connectivity index (χ4v) is 4.07. The summed E-state index contributed by atoms with van der Waals surface area (Å²) in [7, 11) is 0. The van der Waals surface area contributed by atoms with Crippen LogP contribution in [-0.4, -0.2) is 64.3 Å².